The number of aliphatic imine (C=N–C) groups is 1. The Morgan fingerprint density at radius 3 is 3.00 bits per heavy atom. The molecule has 0 amide bonds. The van der Waals surface area contributed by atoms with Crippen molar-refractivity contribution < 1.29 is 13.5 Å². The van der Waals surface area contributed by atoms with Crippen molar-refractivity contribution >= 4 is 16.8 Å². The molecule has 0 bridgehead atoms. The van der Waals surface area contributed by atoms with Crippen LogP contribution in [0.3, 0.4) is 0 Å². The monoisotopic (exact) mass is 297 g/mol. The van der Waals surface area contributed by atoms with Gasteiger partial charge in [-0.15, -0.1) is 11.8 Å². The first kappa shape index (κ1) is 14.0. The maximum Gasteiger partial charge on any atom is 0.128 e. The number of nitrogens with zero attached hydrogens (tertiary/aromatic N) is 1. The SMILES string of the molecule is CC1=N[C@@]2(c3ccccc3F)C[C@H](CF)OCC2CS1. The van der Waals surface area contributed by atoms with Crippen molar-refractivity contribution in [2.24, 2.45) is 10.9 Å². The summed E-state index contributed by atoms with van der Waals surface area (Å²) < 4.78 is 32.9. The van der Waals surface area contributed by atoms with Crippen LogP contribution in [-0.4, -0.2) is 30.2 Å². The summed E-state index contributed by atoms with van der Waals surface area (Å²) in [7, 11) is 0. The maximum atomic E-state index is 14.3. The Morgan fingerprint density at radius 2 is 2.25 bits per heavy atom. The second-order valence-electron chi connectivity index (χ2n) is 5.36. The molecule has 5 heteroatoms. The van der Waals surface area contributed by atoms with Crippen LogP contribution in [0.4, 0.5) is 8.78 Å². The van der Waals surface area contributed by atoms with Gasteiger partial charge in [0.1, 0.15) is 12.5 Å². The van der Waals surface area contributed by atoms with Gasteiger partial charge in [-0.2, -0.15) is 0 Å². The largest absolute Gasteiger partial charge is 0.375 e. The molecule has 3 rings (SSSR count). The molecule has 0 aromatic heterocycles. The molecule has 0 radical (unpaired) electrons. The van der Waals surface area contributed by atoms with Crippen LogP contribution in [0.5, 0.6) is 0 Å². The van der Waals surface area contributed by atoms with Gasteiger partial charge in [-0.3, -0.25) is 4.99 Å². The van der Waals surface area contributed by atoms with E-state index >= 15 is 0 Å². The van der Waals surface area contributed by atoms with E-state index in [-0.39, 0.29) is 11.7 Å². The number of ether oxygens (including phenoxy) is 1. The summed E-state index contributed by atoms with van der Waals surface area (Å²) in [6.07, 6.45) is -0.0852. The van der Waals surface area contributed by atoms with Crippen molar-refractivity contribution in [2.45, 2.75) is 25.0 Å². The minimum Gasteiger partial charge on any atom is -0.375 e. The van der Waals surface area contributed by atoms with E-state index in [1.807, 2.05) is 13.0 Å². The van der Waals surface area contributed by atoms with E-state index in [0.717, 1.165) is 10.8 Å². The molecule has 0 aliphatic carbocycles. The van der Waals surface area contributed by atoms with Crippen LogP contribution >= 0.6 is 11.8 Å². The van der Waals surface area contributed by atoms with Crippen LogP contribution < -0.4 is 0 Å². The third kappa shape index (κ3) is 2.27. The average Bonchev–Trinajstić information content (AvgIpc) is 2.46. The van der Waals surface area contributed by atoms with Gasteiger partial charge in [-0.05, 0) is 13.0 Å². The molecule has 20 heavy (non-hydrogen) atoms. The number of fused-ring (bicyclic) bond motifs is 1. The number of alkyl halides is 1. The standard InChI is InChI=1S/C15H17F2NOS/c1-10-18-15(13-4-2-3-5-14(13)17)6-12(7-16)19-8-11(15)9-20-10/h2-5,11-12H,6-9H2,1H3/t11?,12-,15+/m1/s1. The van der Waals surface area contributed by atoms with Gasteiger partial charge >= 0.3 is 0 Å². The normalized spacial score (nSPS) is 33.5. The van der Waals surface area contributed by atoms with E-state index in [2.05, 4.69) is 0 Å². The van der Waals surface area contributed by atoms with Gasteiger partial charge in [0.2, 0.25) is 0 Å². The summed E-state index contributed by atoms with van der Waals surface area (Å²) in [6, 6.07) is 6.71. The molecule has 2 aliphatic heterocycles. The molecule has 1 fully saturated rings. The summed E-state index contributed by atoms with van der Waals surface area (Å²) in [4.78, 5) is 4.76. The van der Waals surface area contributed by atoms with Crippen LogP contribution in [0.1, 0.15) is 18.9 Å². The van der Waals surface area contributed by atoms with Gasteiger partial charge in [0.15, 0.2) is 0 Å². The smallest absolute Gasteiger partial charge is 0.128 e. The Balaban J connectivity index is 2.11. The van der Waals surface area contributed by atoms with Gasteiger partial charge in [-0.1, -0.05) is 18.2 Å². The number of thioether (sulfide) groups is 1. The summed E-state index contributed by atoms with van der Waals surface area (Å²) >= 11 is 1.67. The maximum absolute atomic E-state index is 14.3. The van der Waals surface area contributed by atoms with Crippen LogP contribution in [-0.2, 0) is 10.3 Å². The number of hydrogen-bond acceptors (Lipinski definition) is 3. The fourth-order valence-corrected chi connectivity index (χ4v) is 4.16. The molecule has 0 spiro atoms. The molecule has 108 valence electrons. The summed E-state index contributed by atoms with van der Waals surface area (Å²) in [5.74, 6) is 0.666. The highest BCUT2D eigenvalue weighted by Crippen LogP contribution is 2.47. The highest BCUT2D eigenvalue weighted by atomic mass is 32.2. The minimum absolute atomic E-state index is 0.0934. The Kier molecular flexibility index (Phi) is 3.82. The van der Waals surface area contributed by atoms with Gasteiger partial charge in [0, 0.05) is 23.7 Å². The Morgan fingerprint density at radius 1 is 1.45 bits per heavy atom. The number of rotatable bonds is 2. The molecule has 1 unspecified atom stereocenters. The number of halogens is 2. The molecular weight excluding hydrogens is 280 g/mol. The zero-order valence-electron chi connectivity index (χ0n) is 11.3. The van der Waals surface area contributed by atoms with Gasteiger partial charge in [0.05, 0.1) is 23.3 Å². The Hall–Kier alpha value is -0.940. The van der Waals surface area contributed by atoms with Crippen molar-refractivity contribution in [3.05, 3.63) is 35.6 Å². The van der Waals surface area contributed by atoms with E-state index in [4.69, 9.17) is 9.73 Å². The van der Waals surface area contributed by atoms with Crippen LogP contribution in [0.2, 0.25) is 0 Å². The molecular formula is C15H17F2NOS. The van der Waals surface area contributed by atoms with Crippen molar-refractivity contribution in [3.8, 4) is 0 Å². The highest BCUT2D eigenvalue weighted by Gasteiger charge is 2.49. The van der Waals surface area contributed by atoms with E-state index in [1.165, 1.54) is 6.07 Å². The lowest BCUT2D eigenvalue weighted by molar-refractivity contribution is -0.0620. The lowest BCUT2D eigenvalue weighted by atomic mass is 9.73. The first-order chi connectivity index (χ1) is 9.65. The summed E-state index contributed by atoms with van der Waals surface area (Å²) in [5.41, 5.74) is -0.0956. The molecule has 3 atom stereocenters. The predicted octanol–water partition coefficient (Wildman–Crippen LogP) is 3.56. The van der Waals surface area contributed by atoms with Crippen molar-refractivity contribution in [2.75, 3.05) is 19.0 Å². The third-order valence-corrected chi connectivity index (χ3v) is 5.19. The van der Waals surface area contributed by atoms with Crippen molar-refractivity contribution in [1.29, 1.82) is 0 Å². The second-order valence-corrected chi connectivity index (χ2v) is 6.57. The molecule has 1 aromatic rings. The molecule has 0 saturated carbocycles. The average molecular weight is 297 g/mol. The zero-order chi connectivity index (χ0) is 14.2. The molecule has 2 nitrogen and oxygen atoms in total. The third-order valence-electron chi connectivity index (χ3n) is 4.11. The summed E-state index contributed by atoms with van der Waals surface area (Å²) in [6.45, 7) is 1.82. The topological polar surface area (TPSA) is 21.6 Å². The van der Waals surface area contributed by atoms with Crippen LogP contribution in [0.25, 0.3) is 0 Å². The Bertz CT molecular complexity index is 536. The van der Waals surface area contributed by atoms with Crippen molar-refractivity contribution in [1.82, 2.24) is 0 Å². The van der Waals surface area contributed by atoms with Gasteiger partial charge in [-0.25, -0.2) is 8.78 Å². The zero-order valence-corrected chi connectivity index (χ0v) is 12.1. The number of benzene rings is 1. The molecule has 2 heterocycles. The quantitative estimate of drug-likeness (QED) is 0.832. The highest BCUT2D eigenvalue weighted by molar-refractivity contribution is 8.13. The molecule has 0 N–H and O–H groups in total. The number of hydrogen-bond donors (Lipinski definition) is 0. The van der Waals surface area contributed by atoms with E-state index in [1.54, 1.807) is 23.9 Å². The van der Waals surface area contributed by atoms with E-state index in [9.17, 15) is 8.78 Å². The first-order valence-corrected chi connectivity index (χ1v) is 7.76. The lowest BCUT2D eigenvalue weighted by Gasteiger charge is -2.46. The van der Waals surface area contributed by atoms with Crippen molar-refractivity contribution in [3.63, 3.8) is 0 Å². The molecule has 1 aromatic carbocycles. The molecule has 2 aliphatic rings. The minimum atomic E-state index is -0.671. The second kappa shape index (κ2) is 5.45. The van der Waals surface area contributed by atoms with E-state index in [0.29, 0.717) is 18.6 Å². The van der Waals surface area contributed by atoms with Crippen LogP contribution in [0.15, 0.2) is 29.3 Å². The summed E-state index contributed by atoms with van der Waals surface area (Å²) in [5, 5.41) is 0.934. The molecule has 1 saturated heterocycles. The van der Waals surface area contributed by atoms with E-state index < -0.39 is 18.3 Å². The lowest BCUT2D eigenvalue weighted by Crippen LogP contribution is -2.49. The first-order valence-electron chi connectivity index (χ1n) is 6.77. The van der Waals surface area contributed by atoms with Gasteiger partial charge in [0.25, 0.3) is 0 Å². The fourth-order valence-electron chi connectivity index (χ4n) is 3.12. The predicted molar refractivity (Wildman–Crippen MR) is 77.5 cm³/mol. The van der Waals surface area contributed by atoms with Crippen LogP contribution in [0, 0.1) is 11.7 Å². The Labute approximate surface area is 121 Å². The fraction of sp³-hybridized carbons (Fsp3) is 0.533. The van der Waals surface area contributed by atoms with Gasteiger partial charge < -0.3 is 4.74 Å².